The third-order valence-corrected chi connectivity index (χ3v) is 6.96. The minimum atomic E-state index is -1.50. The summed E-state index contributed by atoms with van der Waals surface area (Å²) in [5, 5.41) is 56.1. The molecule has 0 amide bonds. The van der Waals surface area contributed by atoms with E-state index in [1.165, 1.54) is 12.1 Å². The third kappa shape index (κ3) is 9.43. The van der Waals surface area contributed by atoms with Crippen molar-refractivity contribution in [3.8, 4) is 0 Å². The van der Waals surface area contributed by atoms with Crippen molar-refractivity contribution >= 4 is 35.8 Å². The first-order chi connectivity index (χ1) is 19.8. The van der Waals surface area contributed by atoms with E-state index >= 15 is 0 Å². The number of rotatable bonds is 19. The topological polar surface area (TPSA) is 224 Å². The number of carboxylic acid groups (broad SMARTS) is 6. The van der Waals surface area contributed by atoms with E-state index in [1.54, 1.807) is 0 Å². The number of carboxylic acids is 6. The Morgan fingerprint density at radius 3 is 0.905 bits per heavy atom. The van der Waals surface area contributed by atoms with Gasteiger partial charge in [-0.15, -0.1) is 0 Å². The Morgan fingerprint density at radius 1 is 0.381 bits per heavy atom. The van der Waals surface area contributed by atoms with Crippen molar-refractivity contribution in [2.75, 3.05) is 0 Å². The highest BCUT2D eigenvalue weighted by Gasteiger charge is 2.24. The van der Waals surface area contributed by atoms with Gasteiger partial charge in [-0.2, -0.15) is 0 Å². The molecule has 0 heterocycles. The maximum Gasteiger partial charge on any atom is 0.336 e. The molecule has 0 radical (unpaired) electrons. The van der Waals surface area contributed by atoms with Gasteiger partial charge in [0.25, 0.3) is 0 Å². The highest BCUT2D eigenvalue weighted by Crippen LogP contribution is 2.23. The zero-order chi connectivity index (χ0) is 31.4. The van der Waals surface area contributed by atoms with E-state index in [1.807, 2.05) is 0 Å². The summed E-state index contributed by atoms with van der Waals surface area (Å²) in [5.41, 5.74) is -2.03. The molecule has 0 spiro atoms. The summed E-state index contributed by atoms with van der Waals surface area (Å²) in [6, 6.07) is 4.15. The highest BCUT2D eigenvalue weighted by molar-refractivity contribution is 6.06. The molecule has 0 aliphatic carbocycles. The van der Waals surface area contributed by atoms with Gasteiger partial charge in [0.05, 0.1) is 33.4 Å². The first-order valence-electron chi connectivity index (χ1n) is 13.6. The number of hydrogen-bond acceptors (Lipinski definition) is 6. The summed E-state index contributed by atoms with van der Waals surface area (Å²) in [4.78, 5) is 68.9. The fourth-order valence-electron chi connectivity index (χ4n) is 4.93. The molecule has 0 saturated carbocycles. The number of benzene rings is 2. The fourth-order valence-corrected chi connectivity index (χ4v) is 4.93. The summed E-state index contributed by atoms with van der Waals surface area (Å²) < 4.78 is 0. The Kier molecular flexibility index (Phi) is 12.7. The van der Waals surface area contributed by atoms with E-state index in [2.05, 4.69) is 0 Å². The number of hydrogen-bond donors (Lipinski definition) is 6. The quantitative estimate of drug-likeness (QED) is 0.111. The first-order valence-corrected chi connectivity index (χ1v) is 13.6. The van der Waals surface area contributed by atoms with Crippen LogP contribution in [0.3, 0.4) is 0 Å². The summed E-state index contributed by atoms with van der Waals surface area (Å²) in [5.74, 6) is -8.50. The summed E-state index contributed by atoms with van der Waals surface area (Å²) in [7, 11) is 0. The normalized spacial score (nSPS) is 10.8. The Labute approximate surface area is 241 Å². The van der Waals surface area contributed by atoms with Gasteiger partial charge in [0, 0.05) is 0 Å². The van der Waals surface area contributed by atoms with E-state index in [0.29, 0.717) is 12.8 Å². The van der Waals surface area contributed by atoms with Crippen LogP contribution in [-0.4, -0.2) is 66.5 Å². The number of aryl methyl sites for hydroxylation is 2. The molecule has 12 heteroatoms. The summed E-state index contributed by atoms with van der Waals surface area (Å²) in [6.45, 7) is 0. The lowest BCUT2D eigenvalue weighted by Crippen LogP contribution is -2.14. The second-order valence-electron chi connectivity index (χ2n) is 9.98. The van der Waals surface area contributed by atoms with Crippen molar-refractivity contribution in [1.82, 2.24) is 0 Å². The fraction of sp³-hybridized carbons (Fsp3) is 0.400. The van der Waals surface area contributed by atoms with Crippen molar-refractivity contribution < 1.29 is 59.4 Å². The van der Waals surface area contributed by atoms with Crippen LogP contribution < -0.4 is 0 Å². The molecule has 0 unspecified atom stereocenters. The number of aromatic carboxylic acids is 6. The molecule has 0 aliphatic heterocycles. The first kappa shape index (κ1) is 33.5. The van der Waals surface area contributed by atoms with Crippen LogP contribution in [0.25, 0.3) is 0 Å². The largest absolute Gasteiger partial charge is 0.478 e. The second kappa shape index (κ2) is 15.9. The summed E-state index contributed by atoms with van der Waals surface area (Å²) >= 11 is 0. The SMILES string of the molecule is O=C(O)c1cc(CCCCCCCCCCCCc2cc(C(=O)O)cc(C(=O)O)c2C(=O)O)c(C(=O)O)c(C(=O)O)c1. The molecule has 6 N–H and O–H groups in total. The van der Waals surface area contributed by atoms with Crippen molar-refractivity contribution in [3.05, 3.63) is 68.8 Å². The van der Waals surface area contributed by atoms with Crippen LogP contribution in [0.1, 0.15) is 137 Å². The van der Waals surface area contributed by atoms with Gasteiger partial charge in [-0.05, 0) is 61.1 Å². The molecular formula is C30H34O12. The molecule has 2 aromatic carbocycles. The third-order valence-electron chi connectivity index (χ3n) is 6.96. The number of unbranched alkanes of at least 4 members (excludes halogenated alkanes) is 9. The average molecular weight is 587 g/mol. The van der Waals surface area contributed by atoms with Crippen LogP contribution in [0.4, 0.5) is 0 Å². The van der Waals surface area contributed by atoms with Crippen molar-refractivity contribution in [2.45, 2.75) is 77.0 Å². The zero-order valence-corrected chi connectivity index (χ0v) is 22.9. The molecule has 42 heavy (non-hydrogen) atoms. The minimum absolute atomic E-state index is 0.184. The molecule has 0 bridgehead atoms. The van der Waals surface area contributed by atoms with E-state index < -0.39 is 46.9 Å². The van der Waals surface area contributed by atoms with Crippen LogP contribution >= 0.6 is 0 Å². The molecule has 2 aromatic rings. The lowest BCUT2D eigenvalue weighted by atomic mass is 9.93. The average Bonchev–Trinajstić information content (AvgIpc) is 2.91. The molecule has 226 valence electrons. The molecule has 12 nitrogen and oxygen atoms in total. The molecule has 0 fully saturated rings. The van der Waals surface area contributed by atoms with E-state index in [4.69, 9.17) is 0 Å². The van der Waals surface area contributed by atoms with Crippen LogP contribution in [-0.2, 0) is 12.8 Å². The molecule has 0 aromatic heterocycles. The molecular weight excluding hydrogens is 552 g/mol. The maximum atomic E-state index is 11.6. The Hall–Kier alpha value is -4.74. The molecule has 2 rings (SSSR count). The van der Waals surface area contributed by atoms with Crippen molar-refractivity contribution in [2.24, 2.45) is 0 Å². The predicted octanol–water partition coefficient (Wildman–Crippen LogP) is 5.56. The highest BCUT2D eigenvalue weighted by atomic mass is 16.4. The maximum absolute atomic E-state index is 11.6. The Bertz CT molecular complexity index is 1260. The van der Waals surface area contributed by atoms with Crippen LogP contribution in [0.15, 0.2) is 24.3 Å². The molecule has 0 saturated heterocycles. The van der Waals surface area contributed by atoms with Gasteiger partial charge in [-0.25, -0.2) is 28.8 Å². The Morgan fingerprint density at radius 2 is 0.667 bits per heavy atom. The van der Waals surface area contributed by atoms with Gasteiger partial charge in [0.15, 0.2) is 0 Å². The zero-order valence-electron chi connectivity index (χ0n) is 22.9. The van der Waals surface area contributed by atoms with Gasteiger partial charge in [-0.1, -0.05) is 51.4 Å². The van der Waals surface area contributed by atoms with Crippen LogP contribution in [0.5, 0.6) is 0 Å². The van der Waals surface area contributed by atoms with E-state index in [9.17, 15) is 59.4 Å². The van der Waals surface area contributed by atoms with Crippen molar-refractivity contribution in [3.63, 3.8) is 0 Å². The minimum Gasteiger partial charge on any atom is -0.478 e. The standard InChI is InChI=1S/C30H34O12/c31-25(32)19-13-17(23(29(39)40)21(15-19)27(35)36)11-9-7-5-3-1-2-4-6-8-10-12-18-14-20(26(33)34)16-22(28(37)38)24(18)30(41)42/h13-16H,1-12H2,(H,31,32)(H,33,34)(H,35,36)(H,37,38)(H,39,40)(H,41,42). The smallest absolute Gasteiger partial charge is 0.336 e. The van der Waals surface area contributed by atoms with Gasteiger partial charge in [0.1, 0.15) is 0 Å². The van der Waals surface area contributed by atoms with Crippen LogP contribution in [0, 0.1) is 0 Å². The lowest BCUT2D eigenvalue weighted by molar-refractivity contribution is 0.0647. The monoisotopic (exact) mass is 586 g/mol. The van der Waals surface area contributed by atoms with Crippen LogP contribution in [0.2, 0.25) is 0 Å². The second-order valence-corrected chi connectivity index (χ2v) is 9.98. The van der Waals surface area contributed by atoms with E-state index in [0.717, 1.165) is 63.5 Å². The molecule has 0 atom stereocenters. The van der Waals surface area contributed by atoms with Crippen molar-refractivity contribution in [1.29, 1.82) is 0 Å². The molecule has 0 aliphatic rings. The van der Waals surface area contributed by atoms with Gasteiger partial charge >= 0.3 is 35.8 Å². The van der Waals surface area contributed by atoms with Gasteiger partial charge in [0.2, 0.25) is 0 Å². The van der Waals surface area contributed by atoms with Gasteiger partial charge in [-0.3, -0.25) is 0 Å². The number of carbonyl (C=O) groups is 6. The van der Waals surface area contributed by atoms with Gasteiger partial charge < -0.3 is 30.6 Å². The summed E-state index contributed by atoms with van der Waals surface area (Å²) in [6.07, 6.45) is 8.71. The predicted molar refractivity (Wildman–Crippen MR) is 148 cm³/mol. The Balaban J connectivity index is 1.74. The lowest BCUT2D eigenvalue weighted by Gasteiger charge is -2.11. The van der Waals surface area contributed by atoms with E-state index in [-0.39, 0.29) is 46.2 Å².